The summed E-state index contributed by atoms with van der Waals surface area (Å²) in [5.41, 5.74) is -1.13. The van der Waals surface area contributed by atoms with Crippen LogP contribution >= 0.6 is 11.3 Å². The summed E-state index contributed by atoms with van der Waals surface area (Å²) in [7, 11) is 1.29. The topological polar surface area (TPSA) is 88.8 Å². The summed E-state index contributed by atoms with van der Waals surface area (Å²) in [4.78, 5) is 38.5. The molecular weight excluding hydrogens is 425 g/mol. The Morgan fingerprint density at radius 1 is 1.27 bits per heavy atom. The van der Waals surface area contributed by atoms with Crippen molar-refractivity contribution >= 4 is 45.7 Å². The zero-order valence-corrected chi connectivity index (χ0v) is 16.1. The van der Waals surface area contributed by atoms with Gasteiger partial charge in [0, 0.05) is 17.9 Å². The standard InChI is InChI=1S/C19H13F3N2O5S/c1-29-8-23-13-3-2-10(19(20,21)22)5-11(13)15(16(23)18(27)28)24-14(25)4-9-6-30-7-12(9)17(24)26/h2-3,5-7H,4,8H2,1H3,(H,27,28). The van der Waals surface area contributed by atoms with E-state index in [1.165, 1.54) is 23.8 Å². The number of thiophene rings is 1. The van der Waals surface area contributed by atoms with E-state index < -0.39 is 40.9 Å². The maximum Gasteiger partial charge on any atom is 0.416 e. The summed E-state index contributed by atoms with van der Waals surface area (Å²) in [5.74, 6) is -3.01. The SMILES string of the molecule is COCn1c(C(=O)O)c(N2C(=O)Cc3cscc3C2=O)c2cc(C(F)(F)F)ccc21. The highest BCUT2D eigenvalue weighted by atomic mass is 32.1. The minimum Gasteiger partial charge on any atom is -0.477 e. The van der Waals surface area contributed by atoms with Crippen LogP contribution in [-0.2, 0) is 28.9 Å². The number of hydrogen-bond acceptors (Lipinski definition) is 5. The molecule has 0 saturated heterocycles. The number of nitrogens with zero attached hydrogens (tertiary/aromatic N) is 2. The van der Waals surface area contributed by atoms with Gasteiger partial charge in [0.15, 0.2) is 5.69 Å². The summed E-state index contributed by atoms with van der Waals surface area (Å²) in [6, 6.07) is 2.65. The number of alkyl halides is 3. The number of carbonyl (C=O) groups is 3. The van der Waals surface area contributed by atoms with Gasteiger partial charge in [-0.15, -0.1) is 0 Å². The molecule has 3 heterocycles. The first-order valence-electron chi connectivity index (χ1n) is 8.53. The molecule has 0 radical (unpaired) electrons. The Kier molecular flexibility index (Phi) is 4.66. The van der Waals surface area contributed by atoms with Gasteiger partial charge in [-0.2, -0.15) is 24.5 Å². The average Bonchev–Trinajstić information content (AvgIpc) is 3.24. The van der Waals surface area contributed by atoms with Crippen molar-refractivity contribution in [1.82, 2.24) is 4.57 Å². The number of fused-ring (bicyclic) bond motifs is 2. The van der Waals surface area contributed by atoms with E-state index in [4.69, 9.17) is 4.74 Å². The minimum atomic E-state index is -4.70. The van der Waals surface area contributed by atoms with E-state index in [2.05, 4.69) is 0 Å². The van der Waals surface area contributed by atoms with Gasteiger partial charge in [-0.05, 0) is 29.1 Å². The fourth-order valence-corrected chi connectivity index (χ4v) is 4.40. The van der Waals surface area contributed by atoms with Crippen LogP contribution in [0.5, 0.6) is 0 Å². The first-order valence-corrected chi connectivity index (χ1v) is 9.47. The Morgan fingerprint density at radius 3 is 2.63 bits per heavy atom. The molecule has 3 aromatic rings. The molecule has 0 bridgehead atoms. The molecule has 0 aliphatic carbocycles. The molecule has 0 atom stereocenters. The molecule has 1 aliphatic heterocycles. The largest absolute Gasteiger partial charge is 0.477 e. The van der Waals surface area contributed by atoms with Gasteiger partial charge in [0.05, 0.1) is 28.8 Å². The van der Waals surface area contributed by atoms with E-state index in [-0.39, 0.29) is 29.6 Å². The number of carbonyl (C=O) groups excluding carboxylic acids is 2. The van der Waals surface area contributed by atoms with Crippen molar-refractivity contribution in [3.05, 3.63) is 51.3 Å². The number of aromatic carboxylic acids is 1. The number of hydrogen-bond donors (Lipinski definition) is 1. The lowest BCUT2D eigenvalue weighted by Crippen LogP contribution is -2.42. The average molecular weight is 438 g/mol. The smallest absolute Gasteiger partial charge is 0.416 e. The maximum atomic E-state index is 13.3. The molecule has 1 N–H and O–H groups in total. The third-order valence-corrected chi connectivity index (χ3v) is 5.61. The van der Waals surface area contributed by atoms with Gasteiger partial charge < -0.3 is 14.4 Å². The number of carboxylic acid groups (broad SMARTS) is 1. The second-order valence-corrected chi connectivity index (χ2v) is 7.34. The summed E-state index contributed by atoms with van der Waals surface area (Å²) in [6.07, 6.45) is -4.87. The van der Waals surface area contributed by atoms with Crippen LogP contribution in [0.4, 0.5) is 18.9 Å². The van der Waals surface area contributed by atoms with Gasteiger partial charge in [0.25, 0.3) is 5.91 Å². The van der Waals surface area contributed by atoms with Crippen LogP contribution in [0.3, 0.4) is 0 Å². The van der Waals surface area contributed by atoms with E-state index in [1.807, 2.05) is 0 Å². The van der Waals surface area contributed by atoms with Gasteiger partial charge >= 0.3 is 12.1 Å². The molecule has 0 unspecified atom stereocenters. The quantitative estimate of drug-likeness (QED) is 0.627. The minimum absolute atomic E-state index is 0.0916. The zero-order chi connectivity index (χ0) is 21.8. The summed E-state index contributed by atoms with van der Waals surface area (Å²) < 4.78 is 46.1. The van der Waals surface area contributed by atoms with E-state index in [1.54, 1.807) is 5.38 Å². The van der Waals surface area contributed by atoms with Crippen molar-refractivity contribution in [2.45, 2.75) is 19.3 Å². The predicted octanol–water partition coefficient (Wildman–Crippen LogP) is 3.75. The van der Waals surface area contributed by atoms with E-state index in [0.29, 0.717) is 10.5 Å². The van der Waals surface area contributed by atoms with Crippen LogP contribution < -0.4 is 4.90 Å². The Bertz CT molecular complexity index is 1210. The number of aromatic nitrogens is 1. The molecule has 7 nitrogen and oxygen atoms in total. The molecule has 2 amide bonds. The van der Waals surface area contributed by atoms with E-state index >= 15 is 0 Å². The van der Waals surface area contributed by atoms with Crippen molar-refractivity contribution in [2.24, 2.45) is 0 Å². The summed E-state index contributed by atoms with van der Waals surface area (Å²) in [5, 5.41) is 12.8. The number of anilines is 1. The van der Waals surface area contributed by atoms with Crippen molar-refractivity contribution in [1.29, 1.82) is 0 Å². The predicted molar refractivity (Wildman–Crippen MR) is 101 cm³/mol. The van der Waals surface area contributed by atoms with Gasteiger partial charge in [-0.1, -0.05) is 0 Å². The number of methoxy groups -OCH3 is 1. The van der Waals surface area contributed by atoms with Crippen LogP contribution in [-0.4, -0.2) is 34.6 Å². The van der Waals surface area contributed by atoms with Gasteiger partial charge in [-0.25, -0.2) is 9.69 Å². The summed E-state index contributed by atoms with van der Waals surface area (Å²) in [6.45, 7) is -0.302. The Morgan fingerprint density at radius 2 is 2.00 bits per heavy atom. The van der Waals surface area contributed by atoms with E-state index in [9.17, 15) is 32.7 Å². The molecule has 30 heavy (non-hydrogen) atoms. The second kappa shape index (κ2) is 6.96. The van der Waals surface area contributed by atoms with Crippen LogP contribution in [0, 0.1) is 0 Å². The zero-order valence-electron chi connectivity index (χ0n) is 15.3. The Balaban J connectivity index is 2.07. The molecule has 0 spiro atoms. The molecule has 1 aromatic carbocycles. The first-order chi connectivity index (χ1) is 14.1. The van der Waals surface area contributed by atoms with Gasteiger partial charge in [-0.3, -0.25) is 9.59 Å². The second-order valence-electron chi connectivity index (χ2n) is 6.60. The lowest BCUT2D eigenvalue weighted by molar-refractivity contribution is -0.137. The highest BCUT2D eigenvalue weighted by molar-refractivity contribution is 7.08. The number of benzene rings is 1. The molecule has 11 heteroatoms. The number of halogens is 3. The fourth-order valence-electron chi connectivity index (χ4n) is 3.57. The van der Waals surface area contributed by atoms with Crippen molar-refractivity contribution in [2.75, 3.05) is 12.0 Å². The lowest BCUT2D eigenvalue weighted by Gasteiger charge is -2.25. The van der Waals surface area contributed by atoms with Crippen molar-refractivity contribution < 1.29 is 37.4 Å². The first kappa shape index (κ1) is 20.1. The fraction of sp³-hybridized carbons (Fsp3) is 0.211. The normalized spacial score (nSPS) is 14.5. The molecular formula is C19H13F3N2O5S. The van der Waals surface area contributed by atoms with Gasteiger partial charge in [0.1, 0.15) is 6.73 Å². The van der Waals surface area contributed by atoms with Crippen LogP contribution in [0.1, 0.15) is 32.0 Å². The molecule has 2 aromatic heterocycles. The molecule has 4 rings (SSSR count). The highest BCUT2D eigenvalue weighted by Gasteiger charge is 2.39. The maximum absolute atomic E-state index is 13.3. The van der Waals surface area contributed by atoms with Gasteiger partial charge in [0.2, 0.25) is 5.91 Å². The monoisotopic (exact) mass is 438 g/mol. The molecule has 0 fully saturated rings. The number of rotatable bonds is 4. The molecule has 1 aliphatic rings. The Hall–Kier alpha value is -3.18. The number of amides is 2. The number of carboxylic acids is 1. The lowest BCUT2D eigenvalue weighted by atomic mass is 10.0. The van der Waals surface area contributed by atoms with Crippen molar-refractivity contribution in [3.8, 4) is 0 Å². The third-order valence-electron chi connectivity index (χ3n) is 4.82. The summed E-state index contributed by atoms with van der Waals surface area (Å²) >= 11 is 1.20. The molecule has 0 saturated carbocycles. The van der Waals surface area contributed by atoms with Crippen LogP contribution in [0.15, 0.2) is 29.0 Å². The van der Waals surface area contributed by atoms with Crippen molar-refractivity contribution in [3.63, 3.8) is 0 Å². The third kappa shape index (κ3) is 2.97. The van der Waals surface area contributed by atoms with E-state index in [0.717, 1.165) is 22.8 Å². The molecule has 156 valence electrons. The number of ether oxygens (including phenoxy) is 1. The van der Waals surface area contributed by atoms with Crippen LogP contribution in [0.25, 0.3) is 10.9 Å². The number of imide groups is 1. The van der Waals surface area contributed by atoms with Crippen LogP contribution in [0.2, 0.25) is 0 Å². The highest BCUT2D eigenvalue weighted by Crippen LogP contribution is 2.40. The Labute approximate surface area is 170 Å².